The van der Waals surface area contributed by atoms with Gasteiger partial charge in [-0.25, -0.2) is 0 Å². The summed E-state index contributed by atoms with van der Waals surface area (Å²) in [7, 11) is 0. The molecule has 3 aromatic carbocycles. The van der Waals surface area contributed by atoms with E-state index in [9.17, 15) is 4.79 Å². The van der Waals surface area contributed by atoms with Gasteiger partial charge in [-0.05, 0) is 55.5 Å². The van der Waals surface area contributed by atoms with E-state index in [2.05, 4.69) is 29.6 Å². The zero-order chi connectivity index (χ0) is 19.8. The molecule has 2 atom stereocenters. The van der Waals surface area contributed by atoms with Gasteiger partial charge in [-0.15, -0.1) is 0 Å². The van der Waals surface area contributed by atoms with Crippen LogP contribution < -0.4 is 10.1 Å². The van der Waals surface area contributed by atoms with Crippen LogP contribution in [0.2, 0.25) is 0 Å². The van der Waals surface area contributed by atoms with Crippen molar-refractivity contribution < 1.29 is 9.53 Å². The molecule has 0 aliphatic rings. The standard InChI is InChI=1S/C25H27NO2/c1-19(13-14-21-9-5-3-6-10-21)26-25(27)20(2)28-24-17-15-23(16-18-24)22-11-7-4-8-12-22/h3-12,15-20H,13-14H2,1-2H3,(H,26,27)/t19-,20-/m0/s1. The average molecular weight is 373 g/mol. The van der Waals surface area contributed by atoms with E-state index < -0.39 is 6.10 Å². The Kier molecular flexibility index (Phi) is 6.85. The van der Waals surface area contributed by atoms with Gasteiger partial charge in [0, 0.05) is 6.04 Å². The van der Waals surface area contributed by atoms with E-state index in [1.807, 2.05) is 67.6 Å². The molecule has 0 aliphatic carbocycles. The van der Waals surface area contributed by atoms with Crippen LogP contribution in [0.25, 0.3) is 11.1 Å². The molecular formula is C25H27NO2. The maximum Gasteiger partial charge on any atom is 0.260 e. The van der Waals surface area contributed by atoms with Crippen molar-refractivity contribution in [3.05, 3.63) is 90.5 Å². The highest BCUT2D eigenvalue weighted by Crippen LogP contribution is 2.22. The molecule has 3 heteroatoms. The summed E-state index contributed by atoms with van der Waals surface area (Å²) in [4.78, 5) is 12.4. The predicted octanol–water partition coefficient (Wildman–Crippen LogP) is 5.26. The first-order valence-electron chi connectivity index (χ1n) is 9.78. The van der Waals surface area contributed by atoms with Gasteiger partial charge in [-0.1, -0.05) is 72.8 Å². The van der Waals surface area contributed by atoms with Crippen molar-refractivity contribution in [3.8, 4) is 16.9 Å². The summed E-state index contributed by atoms with van der Waals surface area (Å²) in [5, 5.41) is 3.04. The summed E-state index contributed by atoms with van der Waals surface area (Å²) in [5.74, 6) is 0.604. The molecule has 1 N–H and O–H groups in total. The lowest BCUT2D eigenvalue weighted by Crippen LogP contribution is -2.41. The number of hydrogen-bond acceptors (Lipinski definition) is 2. The summed E-state index contributed by atoms with van der Waals surface area (Å²) in [6.07, 6.45) is 1.30. The molecule has 0 saturated carbocycles. The van der Waals surface area contributed by atoms with Crippen molar-refractivity contribution in [3.63, 3.8) is 0 Å². The van der Waals surface area contributed by atoms with E-state index in [1.165, 1.54) is 5.56 Å². The Morgan fingerprint density at radius 2 is 1.39 bits per heavy atom. The Morgan fingerprint density at radius 3 is 2.04 bits per heavy atom. The van der Waals surface area contributed by atoms with Crippen molar-refractivity contribution in [2.24, 2.45) is 0 Å². The van der Waals surface area contributed by atoms with E-state index >= 15 is 0 Å². The average Bonchev–Trinajstić information content (AvgIpc) is 2.74. The first kappa shape index (κ1) is 19.7. The first-order valence-corrected chi connectivity index (χ1v) is 9.78. The minimum atomic E-state index is -0.540. The van der Waals surface area contributed by atoms with E-state index in [4.69, 9.17) is 4.74 Å². The van der Waals surface area contributed by atoms with Gasteiger partial charge >= 0.3 is 0 Å². The fourth-order valence-electron chi connectivity index (χ4n) is 3.07. The van der Waals surface area contributed by atoms with Gasteiger partial charge in [0.1, 0.15) is 5.75 Å². The highest BCUT2D eigenvalue weighted by atomic mass is 16.5. The van der Waals surface area contributed by atoms with Crippen LogP contribution in [0.3, 0.4) is 0 Å². The molecule has 1 amide bonds. The second-order valence-electron chi connectivity index (χ2n) is 7.08. The third-order valence-electron chi connectivity index (χ3n) is 4.74. The summed E-state index contributed by atoms with van der Waals surface area (Å²) in [5.41, 5.74) is 3.57. The number of hydrogen-bond donors (Lipinski definition) is 1. The van der Waals surface area contributed by atoms with Crippen LogP contribution in [-0.4, -0.2) is 18.1 Å². The number of ether oxygens (including phenoxy) is 1. The number of aryl methyl sites for hydroxylation is 1. The first-order chi connectivity index (χ1) is 13.6. The second-order valence-corrected chi connectivity index (χ2v) is 7.08. The third kappa shape index (κ3) is 5.71. The van der Waals surface area contributed by atoms with Gasteiger partial charge < -0.3 is 10.1 Å². The number of carbonyl (C=O) groups excluding carboxylic acids is 1. The van der Waals surface area contributed by atoms with Gasteiger partial charge in [-0.3, -0.25) is 4.79 Å². The number of amides is 1. The Balaban J connectivity index is 1.48. The number of benzene rings is 3. The normalized spacial score (nSPS) is 12.8. The second kappa shape index (κ2) is 9.75. The fraction of sp³-hybridized carbons (Fsp3) is 0.240. The molecule has 0 heterocycles. The van der Waals surface area contributed by atoms with Gasteiger partial charge in [-0.2, -0.15) is 0 Å². The number of carbonyl (C=O) groups is 1. The van der Waals surface area contributed by atoms with E-state index in [1.54, 1.807) is 6.92 Å². The molecule has 0 spiro atoms. The largest absolute Gasteiger partial charge is 0.481 e. The lowest BCUT2D eigenvalue weighted by molar-refractivity contribution is -0.127. The Labute approximate surface area is 167 Å². The van der Waals surface area contributed by atoms with E-state index in [-0.39, 0.29) is 11.9 Å². The van der Waals surface area contributed by atoms with Crippen LogP contribution in [0, 0.1) is 0 Å². The SMILES string of the molecule is C[C@H](Oc1ccc(-c2ccccc2)cc1)C(=O)N[C@@H](C)CCc1ccccc1. The molecule has 0 fully saturated rings. The monoisotopic (exact) mass is 373 g/mol. The van der Waals surface area contributed by atoms with Crippen molar-refractivity contribution in [1.29, 1.82) is 0 Å². The summed E-state index contributed by atoms with van der Waals surface area (Å²) >= 11 is 0. The zero-order valence-electron chi connectivity index (χ0n) is 16.5. The zero-order valence-corrected chi connectivity index (χ0v) is 16.5. The smallest absolute Gasteiger partial charge is 0.260 e. The maximum absolute atomic E-state index is 12.4. The van der Waals surface area contributed by atoms with Crippen LogP contribution in [0.4, 0.5) is 0 Å². The molecular weight excluding hydrogens is 346 g/mol. The maximum atomic E-state index is 12.4. The van der Waals surface area contributed by atoms with Crippen molar-refractivity contribution >= 4 is 5.91 Å². The predicted molar refractivity (Wildman–Crippen MR) is 114 cm³/mol. The highest BCUT2D eigenvalue weighted by Gasteiger charge is 2.17. The third-order valence-corrected chi connectivity index (χ3v) is 4.74. The van der Waals surface area contributed by atoms with Crippen LogP contribution in [-0.2, 0) is 11.2 Å². The van der Waals surface area contributed by atoms with Gasteiger partial charge in [0.2, 0.25) is 0 Å². The fourth-order valence-corrected chi connectivity index (χ4v) is 3.07. The minimum Gasteiger partial charge on any atom is -0.481 e. The molecule has 3 nitrogen and oxygen atoms in total. The quantitative estimate of drug-likeness (QED) is 0.585. The van der Waals surface area contributed by atoms with Crippen LogP contribution in [0.1, 0.15) is 25.8 Å². The van der Waals surface area contributed by atoms with Gasteiger partial charge in [0.25, 0.3) is 5.91 Å². The Bertz CT molecular complexity index is 860. The summed E-state index contributed by atoms with van der Waals surface area (Å²) in [6.45, 7) is 3.81. The molecule has 144 valence electrons. The van der Waals surface area contributed by atoms with Crippen LogP contribution in [0.5, 0.6) is 5.75 Å². The number of nitrogens with one attached hydrogen (secondary N) is 1. The molecule has 0 aliphatic heterocycles. The Morgan fingerprint density at radius 1 is 0.821 bits per heavy atom. The summed E-state index contributed by atoms with van der Waals surface area (Å²) in [6, 6.07) is 28.4. The lowest BCUT2D eigenvalue weighted by Gasteiger charge is -2.19. The molecule has 3 rings (SSSR count). The van der Waals surface area contributed by atoms with E-state index in [0.29, 0.717) is 5.75 Å². The molecule has 0 unspecified atom stereocenters. The van der Waals surface area contributed by atoms with Gasteiger partial charge in [0.15, 0.2) is 6.10 Å². The molecule has 0 radical (unpaired) electrons. The van der Waals surface area contributed by atoms with Crippen molar-refractivity contribution in [1.82, 2.24) is 5.32 Å². The molecule has 0 bridgehead atoms. The molecule has 3 aromatic rings. The molecule has 28 heavy (non-hydrogen) atoms. The van der Waals surface area contributed by atoms with E-state index in [0.717, 1.165) is 24.0 Å². The van der Waals surface area contributed by atoms with Crippen molar-refractivity contribution in [2.45, 2.75) is 38.8 Å². The molecule has 0 aromatic heterocycles. The number of rotatable bonds is 8. The van der Waals surface area contributed by atoms with Crippen LogP contribution in [0.15, 0.2) is 84.9 Å². The van der Waals surface area contributed by atoms with Crippen LogP contribution >= 0.6 is 0 Å². The van der Waals surface area contributed by atoms with Crippen molar-refractivity contribution in [2.75, 3.05) is 0 Å². The van der Waals surface area contributed by atoms with Gasteiger partial charge in [0.05, 0.1) is 0 Å². The molecule has 0 saturated heterocycles. The lowest BCUT2D eigenvalue weighted by atomic mass is 10.1. The highest BCUT2D eigenvalue weighted by molar-refractivity contribution is 5.81. The minimum absolute atomic E-state index is 0.0901. The Hall–Kier alpha value is -3.07. The topological polar surface area (TPSA) is 38.3 Å². The summed E-state index contributed by atoms with van der Waals surface area (Å²) < 4.78 is 5.82.